The second-order valence-corrected chi connectivity index (χ2v) is 4.17. The first-order valence-corrected chi connectivity index (χ1v) is 5.87. The van der Waals surface area contributed by atoms with Gasteiger partial charge in [-0.3, -0.25) is 0 Å². The Bertz CT molecular complexity index is 763. The van der Waals surface area contributed by atoms with Crippen LogP contribution < -0.4 is 0 Å². The number of halogens is 1. The summed E-state index contributed by atoms with van der Waals surface area (Å²) in [6.45, 7) is 0. The third-order valence-electron chi connectivity index (χ3n) is 2.88. The van der Waals surface area contributed by atoms with Crippen LogP contribution in [-0.4, -0.2) is 25.4 Å². The van der Waals surface area contributed by atoms with E-state index in [1.54, 1.807) is 41.2 Å². The number of benzene rings is 1. The number of hydrogen-bond donors (Lipinski definition) is 1. The Morgan fingerprint density at radius 1 is 1.20 bits per heavy atom. The Balaban J connectivity index is 2.24. The third-order valence-corrected chi connectivity index (χ3v) is 2.88. The molecule has 2 heterocycles. The lowest BCUT2D eigenvalue weighted by atomic mass is 10.3. The van der Waals surface area contributed by atoms with Crippen LogP contribution in [0, 0.1) is 5.82 Å². The van der Waals surface area contributed by atoms with Gasteiger partial charge in [-0.05, 0) is 30.3 Å². The Hall–Kier alpha value is -2.89. The van der Waals surface area contributed by atoms with Gasteiger partial charge in [0, 0.05) is 12.4 Å². The minimum atomic E-state index is -1.09. The average Bonchev–Trinajstić information content (AvgIpc) is 3.07. The molecule has 3 aromatic rings. The van der Waals surface area contributed by atoms with E-state index in [-0.39, 0.29) is 5.56 Å². The third kappa shape index (κ3) is 1.97. The molecule has 100 valence electrons. The minimum absolute atomic E-state index is 0.0467. The van der Waals surface area contributed by atoms with Crippen molar-refractivity contribution in [2.45, 2.75) is 0 Å². The van der Waals surface area contributed by atoms with Crippen LogP contribution in [-0.2, 0) is 0 Å². The molecule has 20 heavy (non-hydrogen) atoms. The maximum Gasteiger partial charge on any atom is 0.341 e. The van der Waals surface area contributed by atoms with Crippen LogP contribution in [0.25, 0.3) is 11.5 Å². The summed E-state index contributed by atoms with van der Waals surface area (Å²) in [6.07, 6.45) is 4.67. The molecule has 0 aliphatic rings. The van der Waals surface area contributed by atoms with E-state index in [9.17, 15) is 14.3 Å². The van der Waals surface area contributed by atoms with E-state index in [4.69, 9.17) is 0 Å². The van der Waals surface area contributed by atoms with Crippen molar-refractivity contribution in [3.05, 3.63) is 66.4 Å². The fraction of sp³-hybridized carbons (Fsp3) is 0. The van der Waals surface area contributed by atoms with Crippen molar-refractivity contribution in [1.29, 1.82) is 0 Å². The summed E-state index contributed by atoms with van der Waals surface area (Å²) in [5, 5.41) is 13.3. The molecule has 0 bridgehead atoms. The highest BCUT2D eigenvalue weighted by Gasteiger charge is 2.19. The molecular weight excluding hydrogens is 261 g/mol. The number of rotatable bonds is 3. The van der Waals surface area contributed by atoms with Crippen molar-refractivity contribution in [1.82, 2.24) is 14.3 Å². The number of carbonyl (C=O) groups is 1. The number of aromatic carboxylic acids is 1. The van der Waals surface area contributed by atoms with Crippen molar-refractivity contribution in [3.8, 4) is 11.5 Å². The summed E-state index contributed by atoms with van der Waals surface area (Å²) in [6, 6.07) is 9.37. The summed E-state index contributed by atoms with van der Waals surface area (Å²) >= 11 is 0. The van der Waals surface area contributed by atoms with E-state index in [0.29, 0.717) is 11.5 Å². The van der Waals surface area contributed by atoms with Gasteiger partial charge in [-0.25, -0.2) is 13.9 Å². The highest BCUT2D eigenvalue weighted by atomic mass is 19.1. The number of hydrogen-bond acceptors (Lipinski definition) is 2. The van der Waals surface area contributed by atoms with Crippen LogP contribution in [0.3, 0.4) is 0 Å². The standard InChI is InChI=1S/C14H10FN3O2/c15-10-4-3-5-11(8-10)18-13(17-6-1-2-7-17)12(9-16-18)14(19)20/h1-9H,(H,19,20). The lowest BCUT2D eigenvalue weighted by Crippen LogP contribution is -2.08. The van der Waals surface area contributed by atoms with E-state index in [0.717, 1.165) is 0 Å². The van der Waals surface area contributed by atoms with Crippen molar-refractivity contribution in [3.63, 3.8) is 0 Å². The van der Waals surface area contributed by atoms with Gasteiger partial charge in [0.25, 0.3) is 0 Å². The first kappa shape index (κ1) is 12.2. The van der Waals surface area contributed by atoms with Crippen molar-refractivity contribution < 1.29 is 14.3 Å². The molecule has 3 rings (SSSR count). The van der Waals surface area contributed by atoms with Gasteiger partial charge in [-0.15, -0.1) is 0 Å². The van der Waals surface area contributed by atoms with E-state index >= 15 is 0 Å². The Morgan fingerprint density at radius 3 is 2.60 bits per heavy atom. The molecule has 1 aromatic carbocycles. The van der Waals surface area contributed by atoms with Gasteiger partial charge < -0.3 is 9.67 Å². The molecule has 0 saturated heterocycles. The van der Waals surface area contributed by atoms with Crippen molar-refractivity contribution in [2.24, 2.45) is 0 Å². The van der Waals surface area contributed by atoms with Crippen LogP contribution in [0.1, 0.15) is 10.4 Å². The van der Waals surface area contributed by atoms with Crippen LogP contribution in [0.2, 0.25) is 0 Å². The maximum absolute atomic E-state index is 13.3. The molecule has 0 amide bonds. The number of aromatic nitrogens is 3. The van der Waals surface area contributed by atoms with Gasteiger partial charge in [-0.2, -0.15) is 5.10 Å². The molecule has 0 radical (unpaired) electrons. The first-order valence-electron chi connectivity index (χ1n) is 5.87. The summed E-state index contributed by atoms with van der Waals surface area (Å²) < 4.78 is 16.3. The number of carboxylic acids is 1. The highest BCUT2D eigenvalue weighted by molar-refractivity contribution is 5.91. The quantitative estimate of drug-likeness (QED) is 0.796. The number of nitrogens with zero attached hydrogens (tertiary/aromatic N) is 3. The van der Waals surface area contributed by atoms with E-state index in [1.165, 1.54) is 23.0 Å². The van der Waals surface area contributed by atoms with Crippen LogP contribution in [0.15, 0.2) is 55.0 Å². The molecule has 0 fully saturated rings. The minimum Gasteiger partial charge on any atom is -0.477 e. The molecule has 0 spiro atoms. The van der Waals surface area contributed by atoms with E-state index in [2.05, 4.69) is 5.10 Å². The van der Waals surface area contributed by atoms with Gasteiger partial charge in [0.2, 0.25) is 0 Å². The SMILES string of the molecule is O=C(O)c1cnn(-c2cccc(F)c2)c1-n1cccc1. The molecular formula is C14H10FN3O2. The first-order chi connectivity index (χ1) is 9.66. The van der Waals surface area contributed by atoms with Crippen molar-refractivity contribution >= 4 is 5.97 Å². The predicted octanol–water partition coefficient (Wildman–Crippen LogP) is 2.50. The fourth-order valence-electron chi connectivity index (χ4n) is 2.01. The van der Waals surface area contributed by atoms with Gasteiger partial charge in [0.15, 0.2) is 5.82 Å². The smallest absolute Gasteiger partial charge is 0.341 e. The molecule has 5 nitrogen and oxygen atoms in total. The number of carboxylic acid groups (broad SMARTS) is 1. The zero-order valence-electron chi connectivity index (χ0n) is 10.3. The molecule has 0 saturated carbocycles. The Labute approximate surface area is 113 Å². The zero-order valence-corrected chi connectivity index (χ0v) is 10.3. The second kappa shape index (κ2) is 4.65. The van der Waals surface area contributed by atoms with Crippen LogP contribution >= 0.6 is 0 Å². The van der Waals surface area contributed by atoms with Gasteiger partial charge >= 0.3 is 5.97 Å². The largest absolute Gasteiger partial charge is 0.477 e. The molecule has 0 aliphatic heterocycles. The summed E-state index contributed by atoms with van der Waals surface area (Å²) in [4.78, 5) is 11.3. The summed E-state index contributed by atoms with van der Waals surface area (Å²) in [7, 11) is 0. The normalized spacial score (nSPS) is 10.7. The molecule has 0 unspecified atom stereocenters. The zero-order chi connectivity index (χ0) is 14.1. The van der Waals surface area contributed by atoms with Crippen LogP contribution in [0.4, 0.5) is 4.39 Å². The monoisotopic (exact) mass is 271 g/mol. The summed E-state index contributed by atoms with van der Waals surface area (Å²) in [5.74, 6) is -1.14. The highest BCUT2D eigenvalue weighted by Crippen LogP contribution is 2.20. The van der Waals surface area contributed by atoms with E-state index in [1.807, 2.05) is 0 Å². The predicted molar refractivity (Wildman–Crippen MR) is 69.8 cm³/mol. The second-order valence-electron chi connectivity index (χ2n) is 4.17. The Kier molecular flexibility index (Phi) is 2.83. The molecule has 2 aromatic heterocycles. The maximum atomic E-state index is 13.3. The fourth-order valence-corrected chi connectivity index (χ4v) is 2.01. The summed E-state index contributed by atoms with van der Waals surface area (Å²) in [5.41, 5.74) is 0.506. The van der Waals surface area contributed by atoms with Crippen molar-refractivity contribution in [2.75, 3.05) is 0 Å². The lowest BCUT2D eigenvalue weighted by molar-refractivity contribution is 0.0697. The lowest BCUT2D eigenvalue weighted by Gasteiger charge is -2.09. The molecule has 0 aliphatic carbocycles. The molecule has 0 atom stereocenters. The van der Waals surface area contributed by atoms with Gasteiger partial charge in [0.05, 0.1) is 11.9 Å². The Morgan fingerprint density at radius 2 is 1.95 bits per heavy atom. The van der Waals surface area contributed by atoms with Crippen LogP contribution in [0.5, 0.6) is 0 Å². The molecule has 6 heteroatoms. The van der Waals surface area contributed by atoms with Gasteiger partial charge in [-0.1, -0.05) is 6.07 Å². The van der Waals surface area contributed by atoms with Gasteiger partial charge in [0.1, 0.15) is 11.4 Å². The average molecular weight is 271 g/mol. The van der Waals surface area contributed by atoms with E-state index < -0.39 is 11.8 Å². The topological polar surface area (TPSA) is 60.0 Å². The molecule has 1 N–H and O–H groups in total.